The van der Waals surface area contributed by atoms with Crippen molar-refractivity contribution in [3.05, 3.63) is 0 Å². The fourth-order valence-electron chi connectivity index (χ4n) is 1.12. The maximum absolute atomic E-state index is 11.5. The number of nitrogens with one attached hydrogen (secondary N) is 1. The van der Waals surface area contributed by atoms with Crippen LogP contribution in [0.2, 0.25) is 0 Å². The largest absolute Gasteiger partial charge is 0.458 e. The molecule has 0 aliphatic heterocycles. The van der Waals surface area contributed by atoms with Gasteiger partial charge in [0.2, 0.25) is 5.91 Å². The number of amides is 1. The molecule has 0 radical (unpaired) electrons. The standard InChI is InChI=1S/C12H23NO3/c1-8(2)7-10(14)13-9(3)11(15)16-12(4,5)6/h8-9H,7H2,1-6H3,(H,13,14)/t9-/m1/s1. The molecular weight excluding hydrogens is 206 g/mol. The Bertz CT molecular complexity index is 253. The summed E-state index contributed by atoms with van der Waals surface area (Å²) >= 11 is 0. The first-order valence-electron chi connectivity index (χ1n) is 5.64. The number of carbonyl (C=O) groups is 2. The molecule has 94 valence electrons. The van der Waals surface area contributed by atoms with E-state index in [2.05, 4.69) is 5.32 Å². The molecule has 1 atom stereocenters. The third kappa shape index (κ3) is 7.26. The molecule has 1 amide bonds. The molecule has 0 unspecified atom stereocenters. The fourth-order valence-corrected chi connectivity index (χ4v) is 1.12. The Balaban J connectivity index is 4.11. The summed E-state index contributed by atoms with van der Waals surface area (Å²) in [6, 6.07) is -0.592. The lowest BCUT2D eigenvalue weighted by Gasteiger charge is -2.22. The molecule has 0 heterocycles. The number of hydrogen-bond acceptors (Lipinski definition) is 3. The van der Waals surface area contributed by atoms with E-state index in [0.29, 0.717) is 6.42 Å². The molecule has 0 aromatic heterocycles. The predicted octanol–water partition coefficient (Wildman–Crippen LogP) is 1.88. The number of hydrogen-bond donors (Lipinski definition) is 1. The molecule has 0 fully saturated rings. The van der Waals surface area contributed by atoms with Crippen molar-refractivity contribution < 1.29 is 14.3 Å². The van der Waals surface area contributed by atoms with Crippen LogP contribution in [-0.4, -0.2) is 23.5 Å². The molecule has 0 aromatic carbocycles. The van der Waals surface area contributed by atoms with Gasteiger partial charge in [0.05, 0.1) is 0 Å². The van der Waals surface area contributed by atoms with Crippen LogP contribution in [0.1, 0.15) is 48.0 Å². The van der Waals surface area contributed by atoms with Crippen molar-refractivity contribution in [3.8, 4) is 0 Å². The molecule has 1 N–H and O–H groups in total. The van der Waals surface area contributed by atoms with E-state index in [1.165, 1.54) is 0 Å². The van der Waals surface area contributed by atoms with Crippen molar-refractivity contribution in [2.75, 3.05) is 0 Å². The van der Waals surface area contributed by atoms with Crippen LogP contribution in [-0.2, 0) is 14.3 Å². The highest BCUT2D eigenvalue weighted by Gasteiger charge is 2.22. The molecule has 0 bridgehead atoms. The highest BCUT2D eigenvalue weighted by Crippen LogP contribution is 2.08. The van der Waals surface area contributed by atoms with E-state index in [1.54, 1.807) is 27.7 Å². The molecular formula is C12H23NO3. The van der Waals surface area contributed by atoms with E-state index in [1.807, 2.05) is 13.8 Å². The summed E-state index contributed by atoms with van der Waals surface area (Å²) in [6.45, 7) is 10.9. The normalized spacial score (nSPS) is 13.4. The minimum Gasteiger partial charge on any atom is -0.458 e. The van der Waals surface area contributed by atoms with Gasteiger partial charge in [-0.2, -0.15) is 0 Å². The van der Waals surface area contributed by atoms with E-state index < -0.39 is 17.6 Å². The van der Waals surface area contributed by atoms with Crippen LogP contribution in [0.25, 0.3) is 0 Å². The monoisotopic (exact) mass is 229 g/mol. The average Bonchev–Trinajstić information content (AvgIpc) is 1.98. The van der Waals surface area contributed by atoms with Crippen LogP contribution >= 0.6 is 0 Å². The molecule has 0 saturated heterocycles. The van der Waals surface area contributed by atoms with Gasteiger partial charge >= 0.3 is 5.97 Å². The van der Waals surface area contributed by atoms with E-state index in [-0.39, 0.29) is 11.8 Å². The second-order valence-electron chi connectivity index (χ2n) is 5.42. The minimum atomic E-state index is -0.592. The lowest BCUT2D eigenvalue weighted by Crippen LogP contribution is -2.42. The molecule has 0 aliphatic carbocycles. The lowest BCUT2D eigenvalue weighted by molar-refractivity contribution is -0.158. The number of ether oxygens (including phenoxy) is 1. The Kier molecular flexibility index (Phi) is 5.48. The summed E-state index contributed by atoms with van der Waals surface area (Å²) in [4.78, 5) is 23.0. The minimum absolute atomic E-state index is 0.117. The third-order valence-corrected chi connectivity index (χ3v) is 1.73. The summed E-state index contributed by atoms with van der Waals surface area (Å²) in [6.07, 6.45) is 0.424. The zero-order chi connectivity index (χ0) is 12.9. The van der Waals surface area contributed by atoms with Crippen LogP contribution in [0, 0.1) is 5.92 Å². The lowest BCUT2D eigenvalue weighted by atomic mass is 10.1. The van der Waals surface area contributed by atoms with Crippen molar-refractivity contribution in [2.24, 2.45) is 5.92 Å². The van der Waals surface area contributed by atoms with Crippen molar-refractivity contribution >= 4 is 11.9 Å². The summed E-state index contributed by atoms with van der Waals surface area (Å²) in [7, 11) is 0. The van der Waals surface area contributed by atoms with Gasteiger partial charge in [0, 0.05) is 6.42 Å². The van der Waals surface area contributed by atoms with Crippen LogP contribution in [0.4, 0.5) is 0 Å². The molecule has 0 aromatic rings. The quantitative estimate of drug-likeness (QED) is 0.749. The molecule has 4 nitrogen and oxygen atoms in total. The zero-order valence-electron chi connectivity index (χ0n) is 11.1. The summed E-state index contributed by atoms with van der Waals surface area (Å²) in [5, 5.41) is 2.62. The Morgan fingerprint density at radius 2 is 1.69 bits per heavy atom. The molecule has 0 saturated carbocycles. The first kappa shape index (κ1) is 14.9. The average molecular weight is 229 g/mol. The van der Waals surface area contributed by atoms with Crippen LogP contribution in [0.3, 0.4) is 0 Å². The topological polar surface area (TPSA) is 55.4 Å². The van der Waals surface area contributed by atoms with Crippen molar-refractivity contribution in [1.82, 2.24) is 5.32 Å². The van der Waals surface area contributed by atoms with Gasteiger partial charge in [0.25, 0.3) is 0 Å². The van der Waals surface area contributed by atoms with E-state index >= 15 is 0 Å². The fraction of sp³-hybridized carbons (Fsp3) is 0.833. The first-order valence-corrected chi connectivity index (χ1v) is 5.64. The van der Waals surface area contributed by atoms with Gasteiger partial charge in [-0.25, -0.2) is 4.79 Å². The molecule has 16 heavy (non-hydrogen) atoms. The van der Waals surface area contributed by atoms with Gasteiger partial charge in [-0.1, -0.05) is 13.8 Å². The van der Waals surface area contributed by atoms with Crippen LogP contribution < -0.4 is 5.32 Å². The predicted molar refractivity (Wildman–Crippen MR) is 62.9 cm³/mol. The summed E-state index contributed by atoms with van der Waals surface area (Å²) < 4.78 is 5.15. The maximum Gasteiger partial charge on any atom is 0.328 e. The molecule has 0 rings (SSSR count). The third-order valence-electron chi connectivity index (χ3n) is 1.73. The second-order valence-corrected chi connectivity index (χ2v) is 5.42. The van der Waals surface area contributed by atoms with Gasteiger partial charge in [-0.05, 0) is 33.6 Å². The number of carbonyl (C=O) groups excluding carboxylic acids is 2. The van der Waals surface area contributed by atoms with Gasteiger partial charge < -0.3 is 10.1 Å². The SMILES string of the molecule is CC(C)CC(=O)N[C@H](C)C(=O)OC(C)(C)C. The molecule has 0 aliphatic rings. The smallest absolute Gasteiger partial charge is 0.328 e. The van der Waals surface area contributed by atoms with E-state index in [0.717, 1.165) is 0 Å². The van der Waals surface area contributed by atoms with E-state index in [9.17, 15) is 9.59 Å². The number of esters is 1. The second kappa shape index (κ2) is 5.87. The highest BCUT2D eigenvalue weighted by molar-refractivity contribution is 5.84. The summed E-state index contributed by atoms with van der Waals surface area (Å²) in [5.74, 6) is -0.233. The van der Waals surface area contributed by atoms with Gasteiger partial charge in [-0.3, -0.25) is 4.79 Å². The molecule has 4 heteroatoms. The summed E-state index contributed by atoms with van der Waals surface area (Å²) in [5.41, 5.74) is -0.520. The zero-order valence-corrected chi connectivity index (χ0v) is 11.1. The van der Waals surface area contributed by atoms with Gasteiger partial charge in [0.15, 0.2) is 0 Å². The van der Waals surface area contributed by atoms with Crippen LogP contribution in [0.15, 0.2) is 0 Å². The maximum atomic E-state index is 11.5. The van der Waals surface area contributed by atoms with Crippen LogP contribution in [0.5, 0.6) is 0 Å². The van der Waals surface area contributed by atoms with E-state index in [4.69, 9.17) is 4.74 Å². The molecule has 0 spiro atoms. The number of rotatable bonds is 4. The van der Waals surface area contributed by atoms with Gasteiger partial charge in [0.1, 0.15) is 11.6 Å². The van der Waals surface area contributed by atoms with Crippen molar-refractivity contribution in [2.45, 2.75) is 59.6 Å². The highest BCUT2D eigenvalue weighted by atomic mass is 16.6. The Labute approximate surface area is 97.7 Å². The Hall–Kier alpha value is -1.06. The van der Waals surface area contributed by atoms with Gasteiger partial charge in [-0.15, -0.1) is 0 Å². The Morgan fingerprint density at radius 3 is 2.06 bits per heavy atom. The Morgan fingerprint density at radius 1 is 1.19 bits per heavy atom. The first-order chi connectivity index (χ1) is 7.11. The van der Waals surface area contributed by atoms with Crippen molar-refractivity contribution in [3.63, 3.8) is 0 Å². The van der Waals surface area contributed by atoms with Crippen molar-refractivity contribution in [1.29, 1.82) is 0 Å².